The maximum Gasteiger partial charge on any atom is 0.253 e. The molecule has 2 aromatic carbocycles. The Bertz CT molecular complexity index is 1030. The molecule has 1 N–H and O–H groups in total. The van der Waals surface area contributed by atoms with E-state index in [-0.39, 0.29) is 42.4 Å². The van der Waals surface area contributed by atoms with Crippen LogP contribution in [0.1, 0.15) is 15.9 Å². The summed E-state index contributed by atoms with van der Waals surface area (Å²) in [6, 6.07) is 14.6. The van der Waals surface area contributed by atoms with Gasteiger partial charge in [0.05, 0.1) is 12.1 Å². The van der Waals surface area contributed by atoms with Crippen LogP contribution in [0.2, 0.25) is 0 Å². The van der Waals surface area contributed by atoms with Crippen molar-refractivity contribution in [1.82, 2.24) is 9.88 Å². The van der Waals surface area contributed by atoms with Crippen LogP contribution in [0.4, 0.5) is 8.78 Å². The topological polar surface area (TPSA) is 60.3 Å². The van der Waals surface area contributed by atoms with Gasteiger partial charge in [0.25, 0.3) is 11.5 Å². The number of carbonyl (C=O) groups excluding carboxylic acids is 1. The summed E-state index contributed by atoms with van der Waals surface area (Å²) >= 11 is 0. The number of nitrogens with zero attached hydrogens (tertiary/aromatic N) is 1. The Kier molecular flexibility index (Phi) is 6.16. The monoisotopic (exact) mass is 384 g/mol. The average molecular weight is 384 g/mol. The molecule has 1 heterocycles. The zero-order valence-electron chi connectivity index (χ0n) is 14.9. The van der Waals surface area contributed by atoms with Gasteiger partial charge in [0, 0.05) is 18.8 Å². The van der Waals surface area contributed by atoms with Crippen molar-refractivity contribution in [3.05, 3.63) is 100.0 Å². The van der Waals surface area contributed by atoms with Crippen molar-refractivity contribution in [1.29, 1.82) is 0 Å². The van der Waals surface area contributed by atoms with E-state index in [9.17, 15) is 18.4 Å². The second kappa shape index (κ2) is 8.94. The number of hydrogen-bond acceptors (Lipinski definition) is 3. The number of amides is 1. The molecule has 0 aliphatic heterocycles. The van der Waals surface area contributed by atoms with Crippen LogP contribution in [0, 0.1) is 11.6 Å². The number of ether oxygens (including phenoxy) is 1. The number of benzene rings is 2. The van der Waals surface area contributed by atoms with Gasteiger partial charge in [-0.25, -0.2) is 8.78 Å². The maximum atomic E-state index is 13.5. The molecule has 0 aliphatic rings. The maximum absolute atomic E-state index is 13.5. The molecule has 0 fully saturated rings. The molecule has 0 saturated heterocycles. The molecule has 0 radical (unpaired) electrons. The first-order valence-electron chi connectivity index (χ1n) is 8.63. The molecule has 7 heteroatoms. The van der Waals surface area contributed by atoms with Gasteiger partial charge in [0.1, 0.15) is 12.4 Å². The van der Waals surface area contributed by atoms with Gasteiger partial charge in [0.2, 0.25) is 0 Å². The Morgan fingerprint density at radius 2 is 1.86 bits per heavy atom. The standard InChI is InChI=1S/C21H18F2N2O3/c22-17-5-3-4-15(12-17)13-24-21(27)16-8-9-20(26)25(14-16)10-11-28-19-7-2-1-6-18(19)23/h1-9,12,14H,10-11,13H2,(H,24,27). The predicted molar refractivity (Wildman–Crippen MR) is 100 cm³/mol. The summed E-state index contributed by atoms with van der Waals surface area (Å²) in [4.78, 5) is 24.3. The largest absolute Gasteiger partial charge is 0.489 e. The van der Waals surface area contributed by atoms with E-state index in [0.717, 1.165) is 0 Å². The van der Waals surface area contributed by atoms with Gasteiger partial charge in [-0.2, -0.15) is 0 Å². The van der Waals surface area contributed by atoms with Crippen molar-refractivity contribution in [3.63, 3.8) is 0 Å². The van der Waals surface area contributed by atoms with Crippen LogP contribution in [-0.4, -0.2) is 17.1 Å². The highest BCUT2D eigenvalue weighted by atomic mass is 19.1. The third kappa shape index (κ3) is 5.03. The van der Waals surface area contributed by atoms with Crippen molar-refractivity contribution < 1.29 is 18.3 Å². The highest BCUT2D eigenvalue weighted by Crippen LogP contribution is 2.15. The van der Waals surface area contributed by atoms with Crippen LogP contribution < -0.4 is 15.6 Å². The van der Waals surface area contributed by atoms with Gasteiger partial charge in [-0.3, -0.25) is 9.59 Å². The van der Waals surface area contributed by atoms with Gasteiger partial charge in [-0.05, 0) is 35.9 Å². The lowest BCUT2D eigenvalue weighted by Gasteiger charge is -2.11. The molecule has 28 heavy (non-hydrogen) atoms. The minimum absolute atomic E-state index is 0.0647. The van der Waals surface area contributed by atoms with Crippen LogP contribution in [0.3, 0.4) is 0 Å². The van der Waals surface area contributed by atoms with Gasteiger partial charge in [-0.15, -0.1) is 0 Å². The second-order valence-electron chi connectivity index (χ2n) is 6.04. The molecule has 0 spiro atoms. The summed E-state index contributed by atoms with van der Waals surface area (Å²) in [5, 5.41) is 2.68. The quantitative estimate of drug-likeness (QED) is 0.681. The number of rotatable bonds is 7. The molecule has 5 nitrogen and oxygen atoms in total. The molecular formula is C21H18F2N2O3. The average Bonchev–Trinajstić information content (AvgIpc) is 2.69. The van der Waals surface area contributed by atoms with E-state index in [4.69, 9.17) is 4.74 Å². The second-order valence-corrected chi connectivity index (χ2v) is 6.04. The van der Waals surface area contributed by atoms with E-state index in [0.29, 0.717) is 5.56 Å². The Labute approximate surface area is 160 Å². The number of aromatic nitrogens is 1. The van der Waals surface area contributed by atoms with E-state index in [1.807, 2.05) is 0 Å². The number of hydrogen-bond donors (Lipinski definition) is 1. The Balaban J connectivity index is 1.61. The number of carbonyl (C=O) groups is 1. The first kappa shape index (κ1) is 19.3. The van der Waals surface area contributed by atoms with E-state index < -0.39 is 11.7 Å². The summed E-state index contributed by atoms with van der Waals surface area (Å²) < 4.78 is 33.4. The zero-order chi connectivity index (χ0) is 19.9. The van der Waals surface area contributed by atoms with E-state index in [1.165, 1.54) is 47.2 Å². The minimum Gasteiger partial charge on any atom is -0.489 e. The van der Waals surface area contributed by atoms with Crippen LogP contribution >= 0.6 is 0 Å². The highest BCUT2D eigenvalue weighted by Gasteiger charge is 2.09. The highest BCUT2D eigenvalue weighted by molar-refractivity contribution is 5.93. The summed E-state index contributed by atoms with van der Waals surface area (Å²) in [5.41, 5.74) is 0.598. The minimum atomic E-state index is -0.486. The van der Waals surface area contributed by atoms with Crippen LogP contribution in [-0.2, 0) is 13.1 Å². The van der Waals surface area contributed by atoms with E-state index in [2.05, 4.69) is 5.32 Å². The van der Waals surface area contributed by atoms with Crippen LogP contribution in [0.5, 0.6) is 5.75 Å². The number of nitrogens with one attached hydrogen (secondary N) is 1. The molecule has 144 valence electrons. The van der Waals surface area contributed by atoms with E-state index >= 15 is 0 Å². The summed E-state index contributed by atoms with van der Waals surface area (Å²) in [7, 11) is 0. The fourth-order valence-electron chi connectivity index (χ4n) is 2.59. The van der Waals surface area contributed by atoms with Crippen molar-refractivity contribution in [3.8, 4) is 5.75 Å². The molecule has 0 aliphatic carbocycles. The first-order chi connectivity index (χ1) is 13.5. The first-order valence-corrected chi connectivity index (χ1v) is 8.63. The van der Waals surface area contributed by atoms with Gasteiger partial charge >= 0.3 is 0 Å². The van der Waals surface area contributed by atoms with Gasteiger partial charge in [-0.1, -0.05) is 24.3 Å². The van der Waals surface area contributed by atoms with Crippen LogP contribution in [0.15, 0.2) is 71.7 Å². The van der Waals surface area contributed by atoms with Crippen LogP contribution in [0.25, 0.3) is 0 Å². The third-order valence-electron chi connectivity index (χ3n) is 4.01. The Hall–Kier alpha value is -3.48. The summed E-state index contributed by atoms with van der Waals surface area (Å²) in [6.07, 6.45) is 1.41. The molecule has 3 rings (SSSR count). The lowest BCUT2D eigenvalue weighted by molar-refractivity contribution is 0.0950. The van der Waals surface area contributed by atoms with Crippen molar-refractivity contribution in [2.24, 2.45) is 0 Å². The lowest BCUT2D eigenvalue weighted by Crippen LogP contribution is -2.27. The Morgan fingerprint density at radius 1 is 1.04 bits per heavy atom. The van der Waals surface area contributed by atoms with Crippen molar-refractivity contribution in [2.45, 2.75) is 13.1 Å². The molecule has 0 bridgehead atoms. The lowest BCUT2D eigenvalue weighted by atomic mass is 10.2. The van der Waals surface area contributed by atoms with Gasteiger partial charge in [0.15, 0.2) is 11.6 Å². The van der Waals surface area contributed by atoms with Crippen molar-refractivity contribution >= 4 is 5.91 Å². The fraction of sp³-hybridized carbons (Fsp3) is 0.143. The molecule has 3 aromatic rings. The number of pyridine rings is 1. The molecule has 1 amide bonds. The smallest absolute Gasteiger partial charge is 0.253 e. The SMILES string of the molecule is O=C(NCc1cccc(F)c1)c1ccc(=O)n(CCOc2ccccc2F)c1. The van der Waals surface area contributed by atoms with Gasteiger partial charge < -0.3 is 14.6 Å². The predicted octanol–water partition coefficient (Wildman–Crippen LogP) is 3.14. The third-order valence-corrected chi connectivity index (χ3v) is 4.01. The molecule has 1 aromatic heterocycles. The Morgan fingerprint density at radius 3 is 2.64 bits per heavy atom. The molecular weight excluding hydrogens is 366 g/mol. The fourth-order valence-corrected chi connectivity index (χ4v) is 2.59. The van der Waals surface area contributed by atoms with E-state index in [1.54, 1.807) is 24.3 Å². The molecule has 0 unspecified atom stereocenters. The summed E-state index contributed by atoms with van der Waals surface area (Å²) in [5.74, 6) is -1.16. The molecule has 0 saturated carbocycles. The summed E-state index contributed by atoms with van der Waals surface area (Å²) in [6.45, 7) is 0.375. The normalized spacial score (nSPS) is 10.5. The zero-order valence-corrected chi connectivity index (χ0v) is 14.9. The molecule has 0 atom stereocenters. The van der Waals surface area contributed by atoms with Crippen molar-refractivity contribution in [2.75, 3.05) is 6.61 Å². The number of halogens is 2. The number of para-hydroxylation sites is 1.